The summed E-state index contributed by atoms with van der Waals surface area (Å²) in [4.78, 5) is 40.9. The summed E-state index contributed by atoms with van der Waals surface area (Å²) in [5, 5.41) is 6.29. The number of carbonyl (C=O) groups is 3. The van der Waals surface area contributed by atoms with Gasteiger partial charge in [-0.1, -0.05) is 12.1 Å². The molecular weight excluding hydrogens is 563 g/mol. The molecule has 4 aromatic rings. The minimum atomic E-state index is -3.53. The molecule has 218 valence electrons. The Labute approximate surface area is 235 Å². The molecule has 0 aliphatic rings. The highest BCUT2D eigenvalue weighted by molar-refractivity contribution is 5.95. The smallest absolute Gasteiger partial charge is 0.289 e. The number of carbonyl (C=O) groups excluding carboxylic acids is 3. The number of nitrogens with one attached hydrogen (secondary N) is 1. The van der Waals surface area contributed by atoms with Crippen molar-refractivity contribution in [1.29, 1.82) is 0 Å². The largest absolute Gasteiger partial charge is 0.366 e. The van der Waals surface area contributed by atoms with Gasteiger partial charge in [0.05, 0.1) is 22.9 Å². The predicted octanol–water partition coefficient (Wildman–Crippen LogP) is 3.77. The average molecular weight is 587 g/mol. The minimum Gasteiger partial charge on any atom is -0.366 e. The fraction of sp³-hybridized carbons (Fsp3) is 0.179. The van der Waals surface area contributed by atoms with E-state index in [1.165, 1.54) is 24.4 Å². The maximum Gasteiger partial charge on any atom is 0.289 e. The Morgan fingerprint density at radius 1 is 0.976 bits per heavy atom. The van der Waals surface area contributed by atoms with Gasteiger partial charge in [0.2, 0.25) is 5.91 Å². The summed E-state index contributed by atoms with van der Waals surface area (Å²) in [6.45, 7) is -0.128. The van der Waals surface area contributed by atoms with E-state index in [1.54, 1.807) is 6.07 Å². The number of hydrogen-bond donors (Lipinski definition) is 3. The van der Waals surface area contributed by atoms with Crippen molar-refractivity contribution in [1.82, 2.24) is 20.1 Å². The third-order valence-corrected chi connectivity index (χ3v) is 6.16. The zero-order valence-electron chi connectivity index (χ0n) is 21.9. The molecule has 5 N–H and O–H groups in total. The molecule has 0 saturated carbocycles. The topological polar surface area (TPSA) is 146 Å². The SMILES string of the molecule is CC(F)(F)c1nn(CC(=O)NC(Cc2cc(F)cc(F)c2)c2ncccc2-c2ccc(F)c(C(N)=O)c2)cc1C(N)=O. The van der Waals surface area contributed by atoms with Crippen LogP contribution in [0.3, 0.4) is 0 Å². The van der Waals surface area contributed by atoms with Crippen molar-refractivity contribution in [3.05, 3.63) is 106 Å². The monoisotopic (exact) mass is 586 g/mol. The number of pyridine rings is 1. The molecule has 0 fully saturated rings. The highest BCUT2D eigenvalue weighted by Crippen LogP contribution is 2.31. The summed E-state index contributed by atoms with van der Waals surface area (Å²) in [7, 11) is 0. The Morgan fingerprint density at radius 3 is 2.24 bits per heavy atom. The van der Waals surface area contributed by atoms with E-state index in [1.807, 2.05) is 0 Å². The Hall–Kier alpha value is -5.14. The third kappa shape index (κ3) is 6.77. The van der Waals surface area contributed by atoms with Crippen LogP contribution in [0.5, 0.6) is 0 Å². The van der Waals surface area contributed by atoms with E-state index in [4.69, 9.17) is 11.5 Å². The molecule has 42 heavy (non-hydrogen) atoms. The first-order chi connectivity index (χ1) is 19.7. The van der Waals surface area contributed by atoms with Crippen molar-refractivity contribution in [2.45, 2.75) is 31.9 Å². The Kier molecular flexibility index (Phi) is 8.36. The van der Waals surface area contributed by atoms with E-state index in [0.717, 1.165) is 29.1 Å². The second-order valence-electron chi connectivity index (χ2n) is 9.44. The highest BCUT2D eigenvalue weighted by atomic mass is 19.3. The van der Waals surface area contributed by atoms with Gasteiger partial charge in [-0.25, -0.2) is 13.2 Å². The van der Waals surface area contributed by atoms with E-state index < -0.39 is 70.5 Å². The van der Waals surface area contributed by atoms with Crippen LogP contribution in [-0.4, -0.2) is 32.5 Å². The molecule has 1 unspecified atom stereocenters. The Bertz CT molecular complexity index is 1660. The zero-order chi connectivity index (χ0) is 30.8. The van der Waals surface area contributed by atoms with Crippen LogP contribution in [0.4, 0.5) is 22.0 Å². The summed E-state index contributed by atoms with van der Waals surface area (Å²) >= 11 is 0. The van der Waals surface area contributed by atoms with Gasteiger partial charge in [0, 0.05) is 30.9 Å². The van der Waals surface area contributed by atoms with Crippen LogP contribution in [0.1, 0.15) is 50.6 Å². The first-order valence-corrected chi connectivity index (χ1v) is 12.3. The molecule has 4 rings (SSSR count). The summed E-state index contributed by atoms with van der Waals surface area (Å²) in [5.74, 6) is -9.12. The Balaban J connectivity index is 1.74. The van der Waals surface area contributed by atoms with Gasteiger partial charge < -0.3 is 16.8 Å². The molecule has 0 aliphatic carbocycles. The first kappa shape index (κ1) is 29.8. The van der Waals surface area contributed by atoms with Gasteiger partial charge in [-0.15, -0.1) is 0 Å². The first-order valence-electron chi connectivity index (χ1n) is 12.3. The van der Waals surface area contributed by atoms with Crippen LogP contribution < -0.4 is 16.8 Å². The molecule has 0 spiro atoms. The fourth-order valence-electron chi connectivity index (χ4n) is 4.40. The molecule has 0 saturated heterocycles. The summed E-state index contributed by atoms with van der Waals surface area (Å²) < 4.78 is 70.9. The lowest BCUT2D eigenvalue weighted by molar-refractivity contribution is -0.122. The quantitative estimate of drug-likeness (QED) is 0.242. The van der Waals surface area contributed by atoms with E-state index in [0.29, 0.717) is 24.1 Å². The average Bonchev–Trinajstić information content (AvgIpc) is 3.33. The van der Waals surface area contributed by atoms with E-state index in [9.17, 15) is 36.3 Å². The van der Waals surface area contributed by atoms with Crippen LogP contribution in [0, 0.1) is 17.5 Å². The minimum absolute atomic E-state index is 0.134. The Morgan fingerprint density at radius 2 is 1.64 bits per heavy atom. The number of alkyl halides is 2. The van der Waals surface area contributed by atoms with Crippen LogP contribution in [0.15, 0.2) is 60.9 Å². The number of nitrogens with two attached hydrogens (primary N) is 2. The van der Waals surface area contributed by atoms with E-state index in [2.05, 4.69) is 15.4 Å². The van der Waals surface area contributed by atoms with Crippen LogP contribution in [0.25, 0.3) is 11.1 Å². The summed E-state index contributed by atoms with van der Waals surface area (Å²) in [6, 6.07) is 8.36. The zero-order valence-corrected chi connectivity index (χ0v) is 21.9. The molecule has 1 atom stereocenters. The molecular formula is C28H23F5N6O3. The number of rotatable bonds is 10. The predicted molar refractivity (Wildman–Crippen MR) is 139 cm³/mol. The number of benzene rings is 2. The molecule has 0 aliphatic heterocycles. The van der Waals surface area contributed by atoms with Gasteiger partial charge in [0.15, 0.2) is 0 Å². The summed E-state index contributed by atoms with van der Waals surface area (Å²) in [5.41, 5.74) is 9.50. The maximum absolute atomic E-state index is 14.2. The number of nitrogens with zero attached hydrogens (tertiary/aromatic N) is 3. The van der Waals surface area contributed by atoms with Gasteiger partial charge in [-0.2, -0.15) is 13.9 Å². The maximum atomic E-state index is 14.2. The lowest BCUT2D eigenvalue weighted by atomic mass is 9.94. The second kappa shape index (κ2) is 11.8. The number of hydrogen-bond acceptors (Lipinski definition) is 5. The van der Waals surface area contributed by atoms with Crippen molar-refractivity contribution in [2.24, 2.45) is 11.5 Å². The molecule has 0 bridgehead atoms. The van der Waals surface area contributed by atoms with Gasteiger partial charge in [-0.3, -0.25) is 24.0 Å². The molecule has 9 nitrogen and oxygen atoms in total. The van der Waals surface area contributed by atoms with Crippen LogP contribution in [-0.2, 0) is 23.7 Å². The number of primary amides is 2. The second-order valence-corrected chi connectivity index (χ2v) is 9.44. The van der Waals surface area contributed by atoms with Crippen LogP contribution in [0.2, 0.25) is 0 Å². The summed E-state index contributed by atoms with van der Waals surface area (Å²) in [6.07, 6.45) is 2.09. The van der Waals surface area contributed by atoms with Gasteiger partial charge in [0.25, 0.3) is 17.7 Å². The van der Waals surface area contributed by atoms with Crippen LogP contribution >= 0.6 is 0 Å². The highest BCUT2D eigenvalue weighted by Gasteiger charge is 2.34. The van der Waals surface area contributed by atoms with Crippen molar-refractivity contribution in [3.63, 3.8) is 0 Å². The standard InChI is InChI=1S/C28H23F5N6O3/c1-28(32,33)25-20(27(35)42)12-39(38-25)13-23(40)37-22(9-14-7-16(29)11-17(30)8-14)24-18(3-2-6-36-24)15-4-5-21(31)19(10-15)26(34)41/h2-8,10-12,22H,9,13H2,1H3,(H2,34,41)(H2,35,42)(H,37,40). The molecule has 0 radical (unpaired) electrons. The normalized spacial score (nSPS) is 12.1. The van der Waals surface area contributed by atoms with Crippen molar-refractivity contribution in [3.8, 4) is 11.1 Å². The van der Waals surface area contributed by atoms with Gasteiger partial charge in [-0.05, 0) is 47.9 Å². The molecule has 3 amide bonds. The van der Waals surface area contributed by atoms with Crippen molar-refractivity contribution in [2.75, 3.05) is 0 Å². The lowest BCUT2D eigenvalue weighted by Crippen LogP contribution is -2.34. The number of halogens is 5. The third-order valence-electron chi connectivity index (χ3n) is 6.16. The van der Waals surface area contributed by atoms with Crippen molar-refractivity contribution >= 4 is 17.7 Å². The van der Waals surface area contributed by atoms with Crippen molar-refractivity contribution < 1.29 is 36.3 Å². The fourth-order valence-corrected chi connectivity index (χ4v) is 4.40. The molecule has 2 aromatic heterocycles. The molecule has 14 heteroatoms. The van der Waals surface area contributed by atoms with Gasteiger partial charge >= 0.3 is 0 Å². The van der Waals surface area contributed by atoms with Gasteiger partial charge in [0.1, 0.15) is 29.7 Å². The number of amides is 3. The van der Waals surface area contributed by atoms with E-state index in [-0.39, 0.29) is 17.7 Å². The number of aromatic nitrogens is 3. The molecule has 2 aromatic carbocycles. The van der Waals surface area contributed by atoms with E-state index >= 15 is 0 Å². The molecule has 2 heterocycles. The lowest BCUT2D eigenvalue weighted by Gasteiger charge is -2.22.